The Balaban J connectivity index is 2.43. The van der Waals surface area contributed by atoms with Crippen LogP contribution in [0.15, 0.2) is 30.3 Å². The van der Waals surface area contributed by atoms with Gasteiger partial charge in [-0.2, -0.15) is 5.10 Å². The number of para-hydroxylation sites is 1. The van der Waals surface area contributed by atoms with Crippen LogP contribution in [0.1, 0.15) is 18.2 Å². The number of nitrogens with zero attached hydrogens (tertiary/aromatic N) is 2. The fourth-order valence-corrected chi connectivity index (χ4v) is 1.95. The van der Waals surface area contributed by atoms with Crippen molar-refractivity contribution in [1.29, 1.82) is 0 Å². The van der Waals surface area contributed by atoms with Crippen molar-refractivity contribution in [3.05, 3.63) is 41.6 Å². The van der Waals surface area contributed by atoms with E-state index in [0.29, 0.717) is 0 Å². The van der Waals surface area contributed by atoms with E-state index >= 15 is 0 Å². The molecule has 1 heterocycles. The molecule has 0 unspecified atom stereocenters. The lowest BCUT2D eigenvalue weighted by atomic mass is 10.2. The Hall–Kier alpha value is -1.81. The van der Waals surface area contributed by atoms with Crippen LogP contribution in [0.2, 0.25) is 0 Å². The molecule has 96 valence electrons. The lowest BCUT2D eigenvalue weighted by Crippen LogP contribution is -2.13. The van der Waals surface area contributed by atoms with Crippen LogP contribution < -0.4 is 10.1 Å². The zero-order valence-electron chi connectivity index (χ0n) is 11.1. The zero-order chi connectivity index (χ0) is 13.0. The Kier molecular flexibility index (Phi) is 3.99. The topological polar surface area (TPSA) is 39.1 Å². The number of ether oxygens (including phenoxy) is 1. The molecule has 0 amide bonds. The van der Waals surface area contributed by atoms with E-state index in [9.17, 15) is 0 Å². The van der Waals surface area contributed by atoms with Crippen molar-refractivity contribution >= 4 is 0 Å². The molecule has 4 nitrogen and oxygen atoms in total. The molecule has 0 aliphatic rings. The van der Waals surface area contributed by atoms with Crippen LogP contribution in [-0.4, -0.2) is 23.4 Å². The number of hydrogen-bond donors (Lipinski definition) is 1. The molecule has 1 N–H and O–H groups in total. The third-order valence-electron chi connectivity index (χ3n) is 2.88. The van der Waals surface area contributed by atoms with Gasteiger partial charge in [0.15, 0.2) is 0 Å². The second-order valence-corrected chi connectivity index (χ2v) is 4.10. The van der Waals surface area contributed by atoms with E-state index in [1.165, 1.54) is 0 Å². The van der Waals surface area contributed by atoms with Crippen LogP contribution in [0.4, 0.5) is 0 Å². The first kappa shape index (κ1) is 12.6. The van der Waals surface area contributed by atoms with Crippen LogP contribution in [0.3, 0.4) is 0 Å². The molecule has 4 heteroatoms. The molecule has 0 fully saturated rings. The first-order valence-electron chi connectivity index (χ1n) is 6.16. The molecule has 1 aromatic heterocycles. The van der Waals surface area contributed by atoms with Crippen LogP contribution in [0, 0.1) is 6.92 Å². The van der Waals surface area contributed by atoms with Gasteiger partial charge in [-0.05, 0) is 25.6 Å². The Morgan fingerprint density at radius 1 is 1.28 bits per heavy atom. The number of benzene rings is 1. The minimum absolute atomic E-state index is 0.776. The van der Waals surface area contributed by atoms with E-state index in [1.54, 1.807) is 7.11 Å². The predicted octanol–water partition coefficient (Wildman–Crippen LogP) is 2.30. The summed E-state index contributed by atoms with van der Waals surface area (Å²) in [5.74, 6) is 0.805. The lowest BCUT2D eigenvalue weighted by molar-refractivity contribution is 0.378. The number of hydrogen-bond acceptors (Lipinski definition) is 3. The monoisotopic (exact) mass is 245 g/mol. The van der Waals surface area contributed by atoms with Gasteiger partial charge in [0.25, 0.3) is 0 Å². The maximum atomic E-state index is 5.51. The molecular formula is C14H19N3O. The van der Waals surface area contributed by atoms with E-state index in [1.807, 2.05) is 41.9 Å². The van der Waals surface area contributed by atoms with Crippen molar-refractivity contribution in [3.8, 4) is 11.6 Å². The summed E-state index contributed by atoms with van der Waals surface area (Å²) in [5, 5.41) is 7.87. The Labute approximate surface area is 108 Å². The van der Waals surface area contributed by atoms with Crippen molar-refractivity contribution in [2.75, 3.05) is 13.7 Å². The highest BCUT2D eigenvalue weighted by atomic mass is 16.5. The summed E-state index contributed by atoms with van der Waals surface area (Å²) in [5.41, 5.74) is 3.13. The molecule has 0 spiro atoms. The Bertz CT molecular complexity index is 505. The second-order valence-electron chi connectivity index (χ2n) is 4.10. The molecule has 0 saturated carbocycles. The zero-order valence-corrected chi connectivity index (χ0v) is 11.1. The molecule has 0 atom stereocenters. The smallest absolute Gasteiger partial charge is 0.221 e. The SMILES string of the molecule is CCNCc1c(C)nn(-c2ccccc2)c1OC. The van der Waals surface area contributed by atoms with E-state index in [4.69, 9.17) is 4.74 Å². The van der Waals surface area contributed by atoms with Crippen molar-refractivity contribution in [2.24, 2.45) is 0 Å². The van der Waals surface area contributed by atoms with Crippen LogP contribution in [0.25, 0.3) is 5.69 Å². The average molecular weight is 245 g/mol. The lowest BCUT2D eigenvalue weighted by Gasteiger charge is -2.08. The summed E-state index contributed by atoms with van der Waals surface area (Å²) in [6.07, 6.45) is 0. The summed E-state index contributed by atoms with van der Waals surface area (Å²) >= 11 is 0. The average Bonchev–Trinajstić information content (AvgIpc) is 2.73. The van der Waals surface area contributed by atoms with Gasteiger partial charge >= 0.3 is 0 Å². The summed E-state index contributed by atoms with van der Waals surface area (Å²) in [6, 6.07) is 10.0. The van der Waals surface area contributed by atoms with Crippen LogP contribution in [-0.2, 0) is 6.54 Å². The van der Waals surface area contributed by atoms with E-state index in [2.05, 4.69) is 17.3 Å². The van der Waals surface area contributed by atoms with E-state index in [0.717, 1.165) is 35.9 Å². The number of nitrogens with one attached hydrogen (secondary N) is 1. The number of aryl methyl sites for hydroxylation is 1. The molecular weight excluding hydrogens is 226 g/mol. The van der Waals surface area contributed by atoms with E-state index < -0.39 is 0 Å². The molecule has 0 saturated heterocycles. The van der Waals surface area contributed by atoms with Gasteiger partial charge in [-0.25, -0.2) is 4.68 Å². The molecule has 2 rings (SSSR count). The maximum Gasteiger partial charge on any atom is 0.221 e. The highest BCUT2D eigenvalue weighted by Crippen LogP contribution is 2.25. The third kappa shape index (κ3) is 2.38. The van der Waals surface area contributed by atoms with Crippen molar-refractivity contribution in [3.63, 3.8) is 0 Å². The highest BCUT2D eigenvalue weighted by Gasteiger charge is 2.16. The van der Waals surface area contributed by atoms with Crippen LogP contribution in [0.5, 0.6) is 5.88 Å². The van der Waals surface area contributed by atoms with Crippen molar-refractivity contribution < 1.29 is 4.74 Å². The van der Waals surface area contributed by atoms with E-state index in [-0.39, 0.29) is 0 Å². The summed E-state index contributed by atoms with van der Waals surface area (Å²) in [7, 11) is 1.69. The fraction of sp³-hybridized carbons (Fsp3) is 0.357. The van der Waals surface area contributed by atoms with Gasteiger partial charge in [-0.1, -0.05) is 25.1 Å². The minimum Gasteiger partial charge on any atom is -0.481 e. The first-order valence-corrected chi connectivity index (χ1v) is 6.16. The van der Waals surface area contributed by atoms with Crippen LogP contribution >= 0.6 is 0 Å². The second kappa shape index (κ2) is 5.69. The largest absolute Gasteiger partial charge is 0.481 e. The molecule has 2 aromatic rings. The van der Waals surface area contributed by atoms with Gasteiger partial charge in [-0.15, -0.1) is 0 Å². The highest BCUT2D eigenvalue weighted by molar-refractivity contribution is 5.41. The van der Waals surface area contributed by atoms with Crippen molar-refractivity contribution in [1.82, 2.24) is 15.1 Å². The number of aromatic nitrogens is 2. The molecule has 18 heavy (non-hydrogen) atoms. The number of methoxy groups -OCH3 is 1. The van der Waals surface area contributed by atoms with Gasteiger partial charge in [0, 0.05) is 6.54 Å². The molecule has 0 bridgehead atoms. The Morgan fingerprint density at radius 3 is 2.61 bits per heavy atom. The van der Waals surface area contributed by atoms with Gasteiger partial charge in [0.05, 0.1) is 24.1 Å². The van der Waals surface area contributed by atoms with Gasteiger partial charge in [0.2, 0.25) is 5.88 Å². The first-order chi connectivity index (χ1) is 8.77. The summed E-state index contributed by atoms with van der Waals surface area (Å²) in [4.78, 5) is 0. The molecule has 1 aromatic carbocycles. The van der Waals surface area contributed by atoms with Crippen molar-refractivity contribution in [2.45, 2.75) is 20.4 Å². The van der Waals surface area contributed by atoms with Gasteiger partial charge in [-0.3, -0.25) is 0 Å². The summed E-state index contributed by atoms with van der Waals surface area (Å²) in [6.45, 7) is 5.80. The van der Waals surface area contributed by atoms with Gasteiger partial charge < -0.3 is 10.1 Å². The predicted molar refractivity (Wildman–Crippen MR) is 72.2 cm³/mol. The van der Waals surface area contributed by atoms with Gasteiger partial charge in [0.1, 0.15) is 0 Å². The quantitative estimate of drug-likeness (QED) is 0.878. The normalized spacial score (nSPS) is 10.6. The summed E-state index contributed by atoms with van der Waals surface area (Å²) < 4.78 is 7.36. The molecule has 0 aliphatic carbocycles. The number of rotatable bonds is 5. The Morgan fingerprint density at radius 2 is 2.00 bits per heavy atom. The maximum absolute atomic E-state index is 5.51. The molecule has 0 aliphatic heterocycles. The third-order valence-corrected chi connectivity index (χ3v) is 2.88. The standard InChI is InChI=1S/C14H19N3O/c1-4-15-10-13-11(2)16-17(14(13)18-3)12-8-6-5-7-9-12/h5-9,15H,4,10H2,1-3H3. The minimum atomic E-state index is 0.776. The fourth-order valence-electron chi connectivity index (χ4n) is 1.95. The molecule has 0 radical (unpaired) electrons.